The average Bonchev–Trinajstić information content (AvgIpc) is 3.08. The summed E-state index contributed by atoms with van der Waals surface area (Å²) in [5, 5.41) is 1.23. The van der Waals surface area contributed by atoms with E-state index in [4.69, 9.17) is 32.7 Å². The molecular formula is C23H15Cl2NO3. The standard InChI is InChI=1S/C23H15Cl2NO3/c24-18-9-7-15(8-10-18)14-28-20-6-1-3-16(11-20)12-21-23(27)29-22(26-21)17-4-2-5-19(25)13-17/h1-13H,14H2/b21-12+. The van der Waals surface area contributed by atoms with E-state index in [-0.39, 0.29) is 11.6 Å². The summed E-state index contributed by atoms with van der Waals surface area (Å²) in [4.78, 5) is 16.5. The van der Waals surface area contributed by atoms with E-state index >= 15 is 0 Å². The predicted molar refractivity (Wildman–Crippen MR) is 114 cm³/mol. The van der Waals surface area contributed by atoms with Gasteiger partial charge in [0, 0.05) is 15.6 Å². The van der Waals surface area contributed by atoms with Crippen LogP contribution in [0.3, 0.4) is 0 Å². The van der Waals surface area contributed by atoms with Crippen LogP contribution in [0.25, 0.3) is 6.08 Å². The van der Waals surface area contributed by atoms with E-state index in [2.05, 4.69) is 4.99 Å². The average molecular weight is 424 g/mol. The van der Waals surface area contributed by atoms with Crippen LogP contribution < -0.4 is 4.74 Å². The van der Waals surface area contributed by atoms with E-state index < -0.39 is 5.97 Å². The second-order valence-electron chi connectivity index (χ2n) is 6.33. The maximum Gasteiger partial charge on any atom is 0.363 e. The highest BCUT2D eigenvalue weighted by Crippen LogP contribution is 2.23. The number of ether oxygens (including phenoxy) is 2. The first-order valence-electron chi connectivity index (χ1n) is 8.83. The summed E-state index contributed by atoms with van der Waals surface area (Å²) in [5.41, 5.74) is 2.65. The Bertz CT molecular complexity index is 1120. The van der Waals surface area contributed by atoms with Crippen molar-refractivity contribution in [1.82, 2.24) is 0 Å². The number of aliphatic imine (C=N–C) groups is 1. The first-order chi connectivity index (χ1) is 14.1. The molecule has 4 rings (SSSR count). The van der Waals surface area contributed by atoms with Crippen molar-refractivity contribution in [1.29, 1.82) is 0 Å². The summed E-state index contributed by atoms with van der Waals surface area (Å²) in [6.45, 7) is 0.413. The van der Waals surface area contributed by atoms with Gasteiger partial charge in [0.1, 0.15) is 12.4 Å². The zero-order valence-corrected chi connectivity index (χ0v) is 16.7. The van der Waals surface area contributed by atoms with Crippen molar-refractivity contribution in [3.63, 3.8) is 0 Å². The van der Waals surface area contributed by atoms with E-state index in [0.29, 0.717) is 28.0 Å². The molecule has 1 aliphatic rings. The highest BCUT2D eigenvalue weighted by Gasteiger charge is 2.24. The summed E-state index contributed by atoms with van der Waals surface area (Å²) >= 11 is 11.9. The molecule has 1 aliphatic heterocycles. The van der Waals surface area contributed by atoms with Crippen LogP contribution in [0.5, 0.6) is 5.75 Å². The monoisotopic (exact) mass is 423 g/mol. The summed E-state index contributed by atoms with van der Waals surface area (Å²) < 4.78 is 11.1. The van der Waals surface area contributed by atoms with Gasteiger partial charge in [0.05, 0.1) is 0 Å². The number of halogens is 2. The molecule has 0 bridgehead atoms. The highest BCUT2D eigenvalue weighted by molar-refractivity contribution is 6.31. The summed E-state index contributed by atoms with van der Waals surface area (Å²) in [7, 11) is 0. The summed E-state index contributed by atoms with van der Waals surface area (Å²) in [6, 6.07) is 21.9. The smallest absolute Gasteiger partial charge is 0.363 e. The fourth-order valence-electron chi connectivity index (χ4n) is 2.75. The van der Waals surface area contributed by atoms with Crippen LogP contribution in [0.4, 0.5) is 0 Å². The van der Waals surface area contributed by atoms with Crippen molar-refractivity contribution in [2.75, 3.05) is 0 Å². The van der Waals surface area contributed by atoms with Crippen molar-refractivity contribution in [3.05, 3.63) is 105 Å². The van der Waals surface area contributed by atoms with Crippen LogP contribution in [-0.2, 0) is 16.1 Å². The van der Waals surface area contributed by atoms with Crippen LogP contribution >= 0.6 is 23.2 Å². The van der Waals surface area contributed by atoms with Gasteiger partial charge in [0.25, 0.3) is 0 Å². The fourth-order valence-corrected chi connectivity index (χ4v) is 3.07. The number of rotatable bonds is 5. The number of nitrogens with zero attached hydrogens (tertiary/aromatic N) is 1. The van der Waals surface area contributed by atoms with Crippen molar-refractivity contribution < 1.29 is 14.3 Å². The molecule has 0 amide bonds. The molecule has 0 N–H and O–H groups in total. The SMILES string of the molecule is O=C1OC(c2cccc(Cl)c2)=N/C1=C/c1cccc(OCc2ccc(Cl)cc2)c1. The molecule has 0 aromatic heterocycles. The van der Waals surface area contributed by atoms with Gasteiger partial charge in [-0.05, 0) is 59.7 Å². The molecule has 6 heteroatoms. The molecule has 29 heavy (non-hydrogen) atoms. The van der Waals surface area contributed by atoms with Crippen molar-refractivity contribution in [2.45, 2.75) is 6.61 Å². The predicted octanol–water partition coefficient (Wildman–Crippen LogP) is 5.92. The molecule has 0 aliphatic carbocycles. The number of hydrogen-bond donors (Lipinski definition) is 0. The number of cyclic esters (lactones) is 1. The van der Waals surface area contributed by atoms with Crippen LogP contribution in [0.2, 0.25) is 10.0 Å². The molecule has 0 spiro atoms. The maximum absolute atomic E-state index is 12.2. The lowest BCUT2D eigenvalue weighted by atomic mass is 10.2. The third-order valence-corrected chi connectivity index (χ3v) is 4.66. The second-order valence-corrected chi connectivity index (χ2v) is 7.21. The van der Waals surface area contributed by atoms with Crippen LogP contribution in [0.15, 0.2) is 83.5 Å². The topological polar surface area (TPSA) is 47.9 Å². The third kappa shape index (κ3) is 4.86. The van der Waals surface area contributed by atoms with Crippen LogP contribution in [0.1, 0.15) is 16.7 Å². The Morgan fingerprint density at radius 2 is 1.72 bits per heavy atom. The Morgan fingerprint density at radius 3 is 2.52 bits per heavy atom. The van der Waals surface area contributed by atoms with Gasteiger partial charge >= 0.3 is 5.97 Å². The van der Waals surface area contributed by atoms with Gasteiger partial charge in [-0.15, -0.1) is 0 Å². The van der Waals surface area contributed by atoms with Gasteiger partial charge < -0.3 is 9.47 Å². The Kier molecular flexibility index (Phi) is 5.65. The molecule has 3 aromatic rings. The molecule has 3 aromatic carbocycles. The van der Waals surface area contributed by atoms with Gasteiger partial charge in [0.2, 0.25) is 5.90 Å². The highest BCUT2D eigenvalue weighted by atomic mass is 35.5. The van der Waals surface area contributed by atoms with Crippen LogP contribution in [0, 0.1) is 0 Å². The van der Waals surface area contributed by atoms with E-state index in [1.54, 1.807) is 30.3 Å². The van der Waals surface area contributed by atoms with Crippen LogP contribution in [-0.4, -0.2) is 11.9 Å². The van der Waals surface area contributed by atoms with Gasteiger partial charge in [-0.25, -0.2) is 9.79 Å². The van der Waals surface area contributed by atoms with Crippen molar-refractivity contribution >= 4 is 41.1 Å². The molecule has 1 heterocycles. The van der Waals surface area contributed by atoms with Gasteiger partial charge in [-0.3, -0.25) is 0 Å². The normalized spacial score (nSPS) is 14.6. The lowest BCUT2D eigenvalue weighted by molar-refractivity contribution is -0.129. The zero-order chi connectivity index (χ0) is 20.2. The molecule has 0 saturated carbocycles. The van der Waals surface area contributed by atoms with Gasteiger partial charge in [-0.2, -0.15) is 0 Å². The fraction of sp³-hybridized carbons (Fsp3) is 0.0435. The Morgan fingerprint density at radius 1 is 0.931 bits per heavy atom. The Labute approximate surface area is 178 Å². The number of hydrogen-bond acceptors (Lipinski definition) is 4. The Balaban J connectivity index is 1.51. The van der Waals surface area contributed by atoms with E-state index in [9.17, 15) is 4.79 Å². The zero-order valence-electron chi connectivity index (χ0n) is 15.1. The largest absolute Gasteiger partial charge is 0.489 e. The molecule has 0 atom stereocenters. The lowest BCUT2D eigenvalue weighted by Crippen LogP contribution is -2.05. The van der Waals surface area contributed by atoms with Gasteiger partial charge in [-0.1, -0.05) is 53.5 Å². The molecule has 0 saturated heterocycles. The third-order valence-electron chi connectivity index (χ3n) is 4.17. The van der Waals surface area contributed by atoms with Crippen molar-refractivity contribution in [2.24, 2.45) is 4.99 Å². The number of benzene rings is 3. The molecule has 0 fully saturated rings. The molecule has 144 valence electrons. The number of carbonyl (C=O) groups excluding carboxylic acids is 1. The summed E-state index contributed by atoms with van der Waals surface area (Å²) in [5.74, 6) is 0.408. The molecule has 0 radical (unpaired) electrons. The maximum atomic E-state index is 12.2. The number of carbonyl (C=O) groups is 1. The van der Waals surface area contributed by atoms with Gasteiger partial charge in [0.15, 0.2) is 5.70 Å². The number of esters is 1. The first kappa shape index (κ1) is 19.2. The van der Waals surface area contributed by atoms with E-state index in [0.717, 1.165) is 11.1 Å². The van der Waals surface area contributed by atoms with E-state index in [1.807, 2.05) is 48.5 Å². The van der Waals surface area contributed by atoms with Crippen molar-refractivity contribution in [3.8, 4) is 5.75 Å². The first-order valence-corrected chi connectivity index (χ1v) is 9.58. The Hall–Kier alpha value is -3.08. The molecular weight excluding hydrogens is 409 g/mol. The second kappa shape index (κ2) is 8.52. The molecule has 0 unspecified atom stereocenters. The quantitative estimate of drug-likeness (QED) is 0.378. The molecule has 4 nitrogen and oxygen atoms in total. The summed E-state index contributed by atoms with van der Waals surface area (Å²) in [6.07, 6.45) is 1.66. The minimum Gasteiger partial charge on any atom is -0.489 e. The minimum absolute atomic E-state index is 0.217. The van der Waals surface area contributed by atoms with E-state index in [1.165, 1.54) is 0 Å². The lowest BCUT2D eigenvalue weighted by Gasteiger charge is -2.07. The minimum atomic E-state index is -0.507.